The van der Waals surface area contributed by atoms with E-state index in [1.165, 1.54) is 148 Å². The molecule has 1 aliphatic rings. The highest BCUT2D eigenvalue weighted by Crippen LogP contribution is 2.26. The van der Waals surface area contributed by atoms with Crippen LogP contribution in [0.15, 0.2) is 60.8 Å². The highest BCUT2D eigenvalue weighted by atomic mass is 16.7. The fraction of sp³-hybridized carbons (Fsp3) is 0.810. The largest absolute Gasteiger partial charge is 0.454 e. The van der Waals surface area contributed by atoms with E-state index in [-0.39, 0.29) is 19.4 Å². The Hall–Kier alpha value is -2.64. The van der Waals surface area contributed by atoms with Gasteiger partial charge >= 0.3 is 5.97 Å². The van der Waals surface area contributed by atoms with Crippen molar-refractivity contribution >= 4 is 11.9 Å². The number of hydrogen-bond acceptors (Lipinski definition) is 10. The number of carbonyl (C=O) groups excluding carboxylic acids is 2. The number of aliphatic hydroxyl groups is 5. The number of hydrogen-bond donors (Lipinski definition) is 6. The number of amides is 1. The van der Waals surface area contributed by atoms with Crippen molar-refractivity contribution in [3.8, 4) is 0 Å². The minimum absolute atomic E-state index is 0.119. The second-order valence-electron chi connectivity index (χ2n) is 21.1. The smallest absolute Gasteiger partial charge is 0.306 e. The molecule has 0 saturated carbocycles. The molecule has 11 heteroatoms. The first kappa shape index (κ1) is 69.4. The van der Waals surface area contributed by atoms with E-state index in [2.05, 4.69) is 62.5 Å². The molecule has 0 radical (unpaired) electrons. The molecule has 1 saturated heterocycles. The van der Waals surface area contributed by atoms with Gasteiger partial charge in [0.05, 0.1) is 25.4 Å². The Labute approximate surface area is 452 Å². The van der Waals surface area contributed by atoms with Gasteiger partial charge in [0.2, 0.25) is 5.91 Å². The minimum atomic E-state index is -1.62. The van der Waals surface area contributed by atoms with E-state index < -0.39 is 67.4 Å². The number of carbonyl (C=O) groups is 2. The molecule has 8 atom stereocenters. The van der Waals surface area contributed by atoms with Crippen LogP contribution in [0.1, 0.15) is 265 Å². The van der Waals surface area contributed by atoms with Crippen LogP contribution in [0.25, 0.3) is 0 Å². The van der Waals surface area contributed by atoms with E-state index in [1.54, 1.807) is 6.08 Å². The van der Waals surface area contributed by atoms with Crippen molar-refractivity contribution in [3.05, 3.63) is 60.8 Å². The first-order chi connectivity index (χ1) is 36.2. The van der Waals surface area contributed by atoms with Gasteiger partial charge in [0, 0.05) is 6.42 Å². The summed E-state index contributed by atoms with van der Waals surface area (Å²) in [4.78, 5) is 26.5. The summed E-state index contributed by atoms with van der Waals surface area (Å²) >= 11 is 0. The van der Waals surface area contributed by atoms with Crippen LogP contribution in [0.2, 0.25) is 0 Å². The van der Waals surface area contributed by atoms with Gasteiger partial charge in [0.15, 0.2) is 12.4 Å². The quantitative estimate of drug-likeness (QED) is 0.0195. The summed E-state index contributed by atoms with van der Waals surface area (Å²) in [6, 6.07) is -1.05. The number of rotatable bonds is 51. The first-order valence-corrected chi connectivity index (χ1v) is 30.6. The van der Waals surface area contributed by atoms with Crippen LogP contribution in [-0.4, -0.2) is 99.6 Å². The lowest BCUT2D eigenvalue weighted by molar-refractivity contribution is -0.305. The molecule has 1 aliphatic heterocycles. The van der Waals surface area contributed by atoms with E-state index >= 15 is 0 Å². The molecule has 0 aromatic carbocycles. The zero-order valence-electron chi connectivity index (χ0n) is 47.5. The molecule has 0 aromatic rings. The zero-order chi connectivity index (χ0) is 54.0. The summed E-state index contributed by atoms with van der Waals surface area (Å²) in [5.74, 6) is -1.25. The molecule has 430 valence electrons. The number of esters is 1. The topological polar surface area (TPSA) is 175 Å². The Morgan fingerprint density at radius 2 is 0.932 bits per heavy atom. The highest BCUT2D eigenvalue weighted by molar-refractivity contribution is 5.80. The van der Waals surface area contributed by atoms with Crippen LogP contribution in [0.5, 0.6) is 0 Å². The summed E-state index contributed by atoms with van der Waals surface area (Å²) < 4.78 is 17.6. The summed E-state index contributed by atoms with van der Waals surface area (Å²) in [6.07, 6.45) is 52.7. The molecular formula is C63H113NO10. The van der Waals surface area contributed by atoms with E-state index in [9.17, 15) is 35.1 Å². The third-order valence-corrected chi connectivity index (χ3v) is 14.2. The number of unbranched alkanes of at least 4 members (excludes halogenated alkanes) is 29. The lowest BCUT2D eigenvalue weighted by Gasteiger charge is -2.41. The molecule has 0 aromatic heterocycles. The van der Waals surface area contributed by atoms with Gasteiger partial charge in [-0.25, -0.2) is 0 Å². The van der Waals surface area contributed by atoms with Crippen molar-refractivity contribution in [2.24, 2.45) is 0 Å². The summed E-state index contributed by atoms with van der Waals surface area (Å²) in [5, 5.41) is 56.8. The molecule has 0 bridgehead atoms. The van der Waals surface area contributed by atoms with Gasteiger partial charge in [-0.1, -0.05) is 255 Å². The van der Waals surface area contributed by atoms with Gasteiger partial charge in [-0.15, -0.1) is 0 Å². The van der Waals surface area contributed by atoms with Crippen molar-refractivity contribution in [2.45, 2.75) is 314 Å². The van der Waals surface area contributed by atoms with E-state index in [4.69, 9.17) is 14.2 Å². The molecule has 11 nitrogen and oxygen atoms in total. The van der Waals surface area contributed by atoms with Gasteiger partial charge < -0.3 is 45.1 Å². The van der Waals surface area contributed by atoms with E-state index in [1.807, 2.05) is 18.2 Å². The summed E-state index contributed by atoms with van der Waals surface area (Å²) in [7, 11) is 0. The first-order valence-electron chi connectivity index (χ1n) is 30.6. The third kappa shape index (κ3) is 38.8. The average molecular weight is 1040 g/mol. The molecule has 8 unspecified atom stereocenters. The van der Waals surface area contributed by atoms with Gasteiger partial charge in [-0.2, -0.15) is 0 Å². The van der Waals surface area contributed by atoms with Crippen LogP contribution in [0.4, 0.5) is 0 Å². The molecule has 1 heterocycles. The molecule has 1 fully saturated rings. The SMILES string of the molecule is CCCCC/C=C\C/C=C\C/C=C\C/C=C\CCC(O)C(=O)NC(COC1OC(CO)C(O)C(O)C1OC(=O)CCCCCCCCCCCCCCCCCCC)C(O)/C=C/CCCCCCCCCCCC. The number of ether oxygens (including phenoxy) is 3. The molecule has 74 heavy (non-hydrogen) atoms. The minimum Gasteiger partial charge on any atom is -0.454 e. The molecule has 1 amide bonds. The summed E-state index contributed by atoms with van der Waals surface area (Å²) in [5.41, 5.74) is 0. The third-order valence-electron chi connectivity index (χ3n) is 14.2. The van der Waals surface area contributed by atoms with E-state index in [0.717, 1.165) is 70.6 Å². The average Bonchev–Trinajstić information content (AvgIpc) is 3.40. The Balaban J connectivity index is 2.73. The molecule has 1 rings (SSSR count). The van der Waals surface area contributed by atoms with Crippen molar-refractivity contribution < 1.29 is 49.3 Å². The highest BCUT2D eigenvalue weighted by Gasteiger charge is 2.47. The second-order valence-corrected chi connectivity index (χ2v) is 21.1. The lowest BCUT2D eigenvalue weighted by atomic mass is 9.99. The van der Waals surface area contributed by atoms with Gasteiger partial charge in [-0.3, -0.25) is 9.59 Å². The maximum atomic E-state index is 13.4. The van der Waals surface area contributed by atoms with Crippen LogP contribution >= 0.6 is 0 Å². The fourth-order valence-electron chi connectivity index (χ4n) is 9.29. The Morgan fingerprint density at radius 3 is 1.42 bits per heavy atom. The van der Waals surface area contributed by atoms with Crippen molar-refractivity contribution in [1.29, 1.82) is 0 Å². The van der Waals surface area contributed by atoms with Crippen molar-refractivity contribution in [2.75, 3.05) is 13.2 Å². The number of allylic oxidation sites excluding steroid dienone is 9. The molecular weight excluding hydrogens is 931 g/mol. The molecule has 0 aliphatic carbocycles. The van der Waals surface area contributed by atoms with Crippen LogP contribution in [-0.2, 0) is 23.8 Å². The van der Waals surface area contributed by atoms with Crippen LogP contribution in [0, 0.1) is 0 Å². The monoisotopic (exact) mass is 1040 g/mol. The molecule has 6 N–H and O–H groups in total. The van der Waals surface area contributed by atoms with Crippen molar-refractivity contribution in [3.63, 3.8) is 0 Å². The standard InChI is InChI=1S/C63H113NO10/c1-4-7-10-13-16-19-22-25-27-29-31-33-36-39-42-45-48-51-58(68)74-61-60(70)59(69)57(52-65)73-63(61)72-53-54(55(66)49-46-43-40-37-34-24-21-18-15-12-9-6-3)64-62(71)56(67)50-47-44-41-38-35-32-30-28-26-23-20-17-14-11-8-5-2/h17,20,26,28,32,35,41,44,46,49,54-57,59-61,63,65-67,69-70H,4-16,18-19,21-25,27,29-31,33-34,36-40,42-43,45,47-48,50-53H2,1-3H3,(H,64,71)/b20-17-,28-26-,35-32-,44-41-,49-46+. The van der Waals surface area contributed by atoms with Gasteiger partial charge in [0.1, 0.15) is 24.4 Å². The van der Waals surface area contributed by atoms with Gasteiger partial charge in [-0.05, 0) is 64.2 Å². The predicted octanol–water partition coefficient (Wildman–Crippen LogP) is 14.2. The zero-order valence-corrected chi connectivity index (χ0v) is 47.5. The van der Waals surface area contributed by atoms with Crippen LogP contribution in [0.3, 0.4) is 0 Å². The summed E-state index contributed by atoms with van der Waals surface area (Å²) in [6.45, 7) is 5.73. The number of aliphatic hydroxyl groups excluding tert-OH is 5. The lowest BCUT2D eigenvalue weighted by Crippen LogP contribution is -2.61. The van der Waals surface area contributed by atoms with Crippen LogP contribution < -0.4 is 5.32 Å². The molecule has 0 spiro atoms. The van der Waals surface area contributed by atoms with E-state index in [0.29, 0.717) is 12.8 Å². The maximum absolute atomic E-state index is 13.4. The Bertz CT molecular complexity index is 1430. The second kappa shape index (κ2) is 51.1. The Morgan fingerprint density at radius 1 is 0.527 bits per heavy atom. The maximum Gasteiger partial charge on any atom is 0.306 e. The van der Waals surface area contributed by atoms with Gasteiger partial charge in [0.25, 0.3) is 0 Å². The Kier molecular flexibility index (Phi) is 47.9. The van der Waals surface area contributed by atoms with Crippen molar-refractivity contribution in [1.82, 2.24) is 5.32 Å². The fourth-order valence-corrected chi connectivity index (χ4v) is 9.29. The predicted molar refractivity (Wildman–Crippen MR) is 306 cm³/mol. The normalized spacial score (nSPS) is 19.7. The number of nitrogens with one attached hydrogen (secondary N) is 1.